The van der Waals surface area contributed by atoms with Gasteiger partial charge >= 0.3 is 0 Å². The second-order valence-electron chi connectivity index (χ2n) is 4.10. The van der Waals surface area contributed by atoms with Crippen molar-refractivity contribution in [1.29, 1.82) is 5.26 Å². The summed E-state index contributed by atoms with van der Waals surface area (Å²) in [5, 5.41) is 15.5. The molecule has 0 saturated heterocycles. The predicted molar refractivity (Wildman–Crippen MR) is 72.1 cm³/mol. The lowest BCUT2D eigenvalue weighted by atomic mass is 10.3. The summed E-state index contributed by atoms with van der Waals surface area (Å²) < 4.78 is 1.63. The minimum absolute atomic E-state index is 0.308. The third-order valence-electron chi connectivity index (χ3n) is 2.74. The Bertz CT molecular complexity index is 780. The van der Waals surface area contributed by atoms with Crippen LogP contribution in [0.3, 0.4) is 0 Å². The molecule has 96 valence electrons. The molecule has 0 aliphatic heterocycles. The molecule has 0 fully saturated rings. The van der Waals surface area contributed by atoms with Crippen molar-refractivity contribution in [2.24, 2.45) is 0 Å². The summed E-state index contributed by atoms with van der Waals surface area (Å²) in [6, 6.07) is 12.4. The van der Waals surface area contributed by atoms with Crippen LogP contribution in [0.5, 0.6) is 0 Å². The first-order valence-corrected chi connectivity index (χ1v) is 5.88. The van der Waals surface area contributed by atoms with Gasteiger partial charge < -0.3 is 5.32 Å². The number of carbonyl (C=O) groups excluding carboxylic acids is 1. The van der Waals surface area contributed by atoms with Gasteiger partial charge in [-0.1, -0.05) is 6.07 Å². The molecular formula is C14H9N5O. The van der Waals surface area contributed by atoms with E-state index in [9.17, 15) is 4.79 Å². The number of nitriles is 1. The number of nitrogens with one attached hydrogen (secondary N) is 1. The average Bonchev–Trinajstić information content (AvgIpc) is 2.92. The van der Waals surface area contributed by atoms with E-state index < -0.39 is 0 Å². The van der Waals surface area contributed by atoms with Crippen LogP contribution in [0.4, 0.5) is 5.82 Å². The molecular weight excluding hydrogens is 254 g/mol. The van der Waals surface area contributed by atoms with Gasteiger partial charge in [0.25, 0.3) is 5.91 Å². The summed E-state index contributed by atoms with van der Waals surface area (Å²) in [4.78, 5) is 16.0. The molecule has 3 heterocycles. The minimum atomic E-state index is -0.342. The lowest BCUT2D eigenvalue weighted by Gasteiger charge is -2.01. The number of pyridine rings is 2. The molecule has 1 amide bonds. The largest absolute Gasteiger partial charge is 0.305 e. The number of carbonyl (C=O) groups is 1. The SMILES string of the molecule is N#Cc1ccc(NC(=O)c2cc3ccccn3n2)nc1. The highest BCUT2D eigenvalue weighted by Crippen LogP contribution is 2.09. The fraction of sp³-hybridized carbons (Fsp3) is 0. The number of nitrogens with zero attached hydrogens (tertiary/aromatic N) is 4. The first-order chi connectivity index (χ1) is 9.76. The summed E-state index contributed by atoms with van der Waals surface area (Å²) in [6.45, 7) is 0. The molecule has 6 heteroatoms. The Morgan fingerprint density at radius 3 is 2.90 bits per heavy atom. The van der Waals surface area contributed by atoms with Crippen LogP contribution >= 0.6 is 0 Å². The van der Waals surface area contributed by atoms with Crippen molar-refractivity contribution in [3.8, 4) is 6.07 Å². The normalized spacial score (nSPS) is 10.2. The van der Waals surface area contributed by atoms with Crippen molar-refractivity contribution in [3.63, 3.8) is 0 Å². The van der Waals surface area contributed by atoms with Crippen LogP contribution in [0.25, 0.3) is 5.52 Å². The van der Waals surface area contributed by atoms with E-state index in [2.05, 4.69) is 15.4 Å². The smallest absolute Gasteiger partial charge is 0.277 e. The highest BCUT2D eigenvalue weighted by Gasteiger charge is 2.11. The number of hydrogen-bond acceptors (Lipinski definition) is 4. The maximum Gasteiger partial charge on any atom is 0.277 e. The fourth-order valence-corrected chi connectivity index (χ4v) is 1.76. The summed E-state index contributed by atoms with van der Waals surface area (Å²) in [5.74, 6) is 0.0389. The average molecular weight is 263 g/mol. The number of rotatable bonds is 2. The van der Waals surface area contributed by atoms with Gasteiger partial charge in [-0.05, 0) is 30.3 Å². The van der Waals surface area contributed by atoms with Crippen LogP contribution in [-0.4, -0.2) is 20.5 Å². The third kappa shape index (κ3) is 2.20. The molecule has 1 N–H and O–H groups in total. The highest BCUT2D eigenvalue weighted by molar-refractivity contribution is 6.03. The molecule has 3 rings (SSSR count). The van der Waals surface area contributed by atoms with E-state index >= 15 is 0 Å². The first kappa shape index (κ1) is 11.9. The fourth-order valence-electron chi connectivity index (χ4n) is 1.76. The van der Waals surface area contributed by atoms with Gasteiger partial charge in [0.1, 0.15) is 11.9 Å². The second kappa shape index (κ2) is 4.82. The molecule has 0 atom stereocenters. The van der Waals surface area contributed by atoms with Crippen LogP contribution in [-0.2, 0) is 0 Å². The first-order valence-electron chi connectivity index (χ1n) is 5.88. The van der Waals surface area contributed by atoms with Crippen molar-refractivity contribution >= 4 is 17.2 Å². The van der Waals surface area contributed by atoms with Crippen LogP contribution in [0, 0.1) is 11.3 Å². The van der Waals surface area contributed by atoms with E-state index in [0.29, 0.717) is 17.1 Å². The molecule has 0 unspecified atom stereocenters. The minimum Gasteiger partial charge on any atom is -0.305 e. The Morgan fingerprint density at radius 2 is 2.20 bits per heavy atom. The van der Waals surface area contributed by atoms with Gasteiger partial charge in [-0.25, -0.2) is 9.50 Å². The second-order valence-corrected chi connectivity index (χ2v) is 4.10. The maximum absolute atomic E-state index is 12.0. The van der Waals surface area contributed by atoms with Gasteiger partial charge in [-0.15, -0.1) is 0 Å². The summed E-state index contributed by atoms with van der Waals surface area (Å²) >= 11 is 0. The molecule has 0 aliphatic rings. The van der Waals surface area contributed by atoms with Crippen molar-refractivity contribution in [2.45, 2.75) is 0 Å². The van der Waals surface area contributed by atoms with Gasteiger partial charge in [-0.2, -0.15) is 10.4 Å². The van der Waals surface area contributed by atoms with Crippen molar-refractivity contribution in [1.82, 2.24) is 14.6 Å². The van der Waals surface area contributed by atoms with Crippen LogP contribution in [0.2, 0.25) is 0 Å². The lowest BCUT2D eigenvalue weighted by molar-refractivity contribution is 0.102. The number of aromatic nitrogens is 3. The number of amides is 1. The van der Waals surface area contributed by atoms with Crippen molar-refractivity contribution < 1.29 is 4.79 Å². The molecule has 0 radical (unpaired) electrons. The Morgan fingerprint density at radius 1 is 1.30 bits per heavy atom. The van der Waals surface area contributed by atoms with Crippen molar-refractivity contribution in [3.05, 3.63) is 60.0 Å². The van der Waals surface area contributed by atoms with Gasteiger partial charge in [0.15, 0.2) is 5.69 Å². The Labute approximate surface area is 114 Å². The lowest BCUT2D eigenvalue weighted by Crippen LogP contribution is -2.13. The maximum atomic E-state index is 12.0. The van der Waals surface area contributed by atoms with Gasteiger partial charge in [0, 0.05) is 12.4 Å². The van der Waals surface area contributed by atoms with E-state index in [0.717, 1.165) is 5.52 Å². The van der Waals surface area contributed by atoms with Crippen molar-refractivity contribution in [2.75, 3.05) is 5.32 Å². The zero-order valence-corrected chi connectivity index (χ0v) is 10.3. The Kier molecular flexibility index (Phi) is 2.86. The number of fused-ring (bicyclic) bond motifs is 1. The van der Waals surface area contributed by atoms with E-state index in [1.54, 1.807) is 28.9 Å². The van der Waals surface area contributed by atoms with E-state index in [-0.39, 0.29) is 5.91 Å². The molecule has 3 aromatic heterocycles. The molecule has 0 aromatic carbocycles. The topological polar surface area (TPSA) is 83.1 Å². The van der Waals surface area contributed by atoms with Crippen LogP contribution in [0.15, 0.2) is 48.8 Å². The third-order valence-corrected chi connectivity index (χ3v) is 2.74. The molecule has 6 nitrogen and oxygen atoms in total. The van der Waals surface area contributed by atoms with Gasteiger partial charge in [0.05, 0.1) is 11.1 Å². The summed E-state index contributed by atoms with van der Waals surface area (Å²) in [5.41, 5.74) is 1.59. The van der Waals surface area contributed by atoms with E-state index in [1.807, 2.05) is 24.3 Å². The Hall–Kier alpha value is -3.20. The van der Waals surface area contributed by atoms with Crippen LogP contribution < -0.4 is 5.32 Å². The van der Waals surface area contributed by atoms with E-state index in [4.69, 9.17) is 5.26 Å². The molecule has 0 saturated carbocycles. The zero-order chi connectivity index (χ0) is 13.9. The van der Waals surface area contributed by atoms with Gasteiger partial charge in [0.2, 0.25) is 0 Å². The molecule has 3 aromatic rings. The molecule has 0 spiro atoms. The standard InChI is InChI=1S/C14H9N5O/c15-8-10-4-5-13(16-9-10)17-14(20)12-7-11-3-1-2-6-19(11)18-12/h1-7,9H,(H,16,17,20). The van der Waals surface area contributed by atoms with E-state index in [1.165, 1.54) is 6.20 Å². The summed E-state index contributed by atoms with van der Waals surface area (Å²) in [7, 11) is 0. The molecule has 0 aliphatic carbocycles. The predicted octanol–water partition coefficient (Wildman–Crippen LogP) is 1.85. The Balaban J connectivity index is 1.83. The molecule has 0 bridgehead atoms. The highest BCUT2D eigenvalue weighted by atomic mass is 16.2. The number of hydrogen-bond donors (Lipinski definition) is 1. The molecule has 20 heavy (non-hydrogen) atoms. The van der Waals surface area contributed by atoms with Gasteiger partial charge in [-0.3, -0.25) is 4.79 Å². The van der Waals surface area contributed by atoms with Crippen LogP contribution in [0.1, 0.15) is 16.1 Å². The quantitative estimate of drug-likeness (QED) is 0.764. The number of anilines is 1. The zero-order valence-electron chi connectivity index (χ0n) is 10.3. The summed E-state index contributed by atoms with van der Waals surface area (Å²) in [6.07, 6.45) is 3.17. The monoisotopic (exact) mass is 263 g/mol.